The zero-order valence-electron chi connectivity index (χ0n) is 14.7. The average Bonchev–Trinajstić information content (AvgIpc) is 2.68. The molecule has 6 nitrogen and oxygen atoms in total. The minimum absolute atomic E-state index is 0.215. The van der Waals surface area contributed by atoms with Crippen LogP contribution in [0.4, 0.5) is 11.4 Å². The van der Waals surface area contributed by atoms with Crippen LogP contribution < -0.4 is 19.7 Å². The zero-order valence-corrected chi connectivity index (χ0v) is 14.7. The van der Waals surface area contributed by atoms with Crippen LogP contribution >= 0.6 is 0 Å². The number of nitrogens with zero attached hydrogens (tertiary/aromatic N) is 1. The van der Waals surface area contributed by atoms with E-state index in [1.807, 2.05) is 55.5 Å². The van der Waals surface area contributed by atoms with Gasteiger partial charge in [0.2, 0.25) is 6.10 Å². The summed E-state index contributed by atoms with van der Waals surface area (Å²) in [5.74, 6) is 1.04. The third-order valence-corrected chi connectivity index (χ3v) is 4.61. The van der Waals surface area contributed by atoms with Crippen LogP contribution in [0.3, 0.4) is 0 Å². The molecule has 1 fully saturated rings. The smallest absolute Gasteiger partial charge is 0.269 e. The molecule has 0 bridgehead atoms. The predicted octanol–water partition coefficient (Wildman–Crippen LogP) is 2.69. The summed E-state index contributed by atoms with van der Waals surface area (Å²) in [6.45, 7) is 4.83. The van der Waals surface area contributed by atoms with Crippen LogP contribution in [0.2, 0.25) is 0 Å². The summed E-state index contributed by atoms with van der Waals surface area (Å²) in [6.07, 6.45) is -1.08. The summed E-state index contributed by atoms with van der Waals surface area (Å²) in [5.41, 5.74) is 1.77. The molecule has 0 aliphatic carbocycles. The van der Waals surface area contributed by atoms with Crippen molar-refractivity contribution in [2.24, 2.45) is 0 Å². The molecule has 2 aromatic carbocycles. The van der Waals surface area contributed by atoms with E-state index in [4.69, 9.17) is 14.2 Å². The highest BCUT2D eigenvalue weighted by atomic mass is 16.6. The van der Waals surface area contributed by atoms with Crippen LogP contribution in [-0.4, -0.2) is 44.4 Å². The second-order valence-electron chi connectivity index (χ2n) is 6.41. The Morgan fingerprint density at radius 1 is 1.00 bits per heavy atom. The molecule has 2 atom stereocenters. The fourth-order valence-electron chi connectivity index (χ4n) is 3.27. The Morgan fingerprint density at radius 3 is 2.42 bits per heavy atom. The average molecular weight is 354 g/mol. The van der Waals surface area contributed by atoms with E-state index in [9.17, 15) is 4.79 Å². The predicted molar refractivity (Wildman–Crippen MR) is 99.1 cm³/mol. The molecule has 1 N–H and O–H groups in total. The number of fused-ring (bicyclic) bond motifs is 1. The number of anilines is 2. The molecule has 0 saturated carbocycles. The highest BCUT2D eigenvalue weighted by molar-refractivity contribution is 5.98. The normalized spacial score (nSPS) is 22.0. The van der Waals surface area contributed by atoms with Gasteiger partial charge in [0.1, 0.15) is 6.10 Å². The SMILES string of the molecule is C[C@H]1Oc2ccccc2O[C@@H]1C(=O)Nc1ccccc1N1CCOCC1. The van der Waals surface area contributed by atoms with E-state index in [1.54, 1.807) is 0 Å². The van der Waals surface area contributed by atoms with E-state index in [1.165, 1.54) is 0 Å². The van der Waals surface area contributed by atoms with Gasteiger partial charge in [-0.2, -0.15) is 0 Å². The maximum absolute atomic E-state index is 12.9. The van der Waals surface area contributed by atoms with Crippen LogP contribution in [0.25, 0.3) is 0 Å². The first-order chi connectivity index (χ1) is 12.7. The molecule has 26 heavy (non-hydrogen) atoms. The molecular weight excluding hydrogens is 332 g/mol. The first kappa shape index (κ1) is 16.7. The molecule has 0 aromatic heterocycles. The number of amides is 1. The Hall–Kier alpha value is -2.73. The van der Waals surface area contributed by atoms with E-state index in [0.717, 1.165) is 24.5 Å². The summed E-state index contributed by atoms with van der Waals surface area (Å²) >= 11 is 0. The van der Waals surface area contributed by atoms with Crippen molar-refractivity contribution >= 4 is 17.3 Å². The molecule has 1 saturated heterocycles. The van der Waals surface area contributed by atoms with Crippen LogP contribution in [0.1, 0.15) is 6.92 Å². The van der Waals surface area contributed by atoms with Gasteiger partial charge >= 0.3 is 0 Å². The number of hydrogen-bond donors (Lipinski definition) is 1. The van der Waals surface area contributed by atoms with E-state index >= 15 is 0 Å². The van der Waals surface area contributed by atoms with Gasteiger partial charge in [-0.25, -0.2) is 0 Å². The number of hydrogen-bond acceptors (Lipinski definition) is 5. The number of carbonyl (C=O) groups excluding carboxylic acids is 1. The van der Waals surface area contributed by atoms with Crippen molar-refractivity contribution in [1.29, 1.82) is 0 Å². The fourth-order valence-corrected chi connectivity index (χ4v) is 3.27. The second kappa shape index (κ2) is 7.25. The van der Waals surface area contributed by atoms with Gasteiger partial charge in [-0.15, -0.1) is 0 Å². The summed E-state index contributed by atoms with van der Waals surface area (Å²) in [5, 5.41) is 3.01. The van der Waals surface area contributed by atoms with E-state index in [-0.39, 0.29) is 12.0 Å². The Labute approximate surface area is 152 Å². The van der Waals surface area contributed by atoms with Gasteiger partial charge < -0.3 is 24.4 Å². The largest absolute Gasteiger partial charge is 0.482 e. The van der Waals surface area contributed by atoms with Gasteiger partial charge in [-0.05, 0) is 31.2 Å². The molecule has 2 aliphatic rings. The lowest BCUT2D eigenvalue weighted by atomic mass is 10.1. The molecule has 0 radical (unpaired) electrons. The molecular formula is C20H22N2O4. The van der Waals surface area contributed by atoms with E-state index in [2.05, 4.69) is 10.2 Å². The van der Waals surface area contributed by atoms with Gasteiger partial charge in [-0.3, -0.25) is 4.79 Å². The van der Waals surface area contributed by atoms with Crippen molar-refractivity contribution in [3.8, 4) is 11.5 Å². The van der Waals surface area contributed by atoms with Crippen LogP contribution in [-0.2, 0) is 9.53 Å². The van der Waals surface area contributed by atoms with Gasteiger partial charge in [0.05, 0.1) is 24.6 Å². The Balaban J connectivity index is 1.52. The minimum atomic E-state index is -0.706. The maximum atomic E-state index is 12.9. The Kier molecular flexibility index (Phi) is 4.67. The number of morpholine rings is 1. The van der Waals surface area contributed by atoms with E-state index in [0.29, 0.717) is 24.7 Å². The molecule has 1 amide bonds. The highest BCUT2D eigenvalue weighted by Crippen LogP contribution is 2.34. The lowest BCUT2D eigenvalue weighted by Crippen LogP contribution is -2.46. The fraction of sp³-hybridized carbons (Fsp3) is 0.350. The first-order valence-corrected chi connectivity index (χ1v) is 8.87. The minimum Gasteiger partial charge on any atom is -0.482 e. The van der Waals surface area contributed by atoms with Crippen LogP contribution in [0, 0.1) is 0 Å². The molecule has 2 heterocycles. The monoisotopic (exact) mass is 354 g/mol. The zero-order chi connectivity index (χ0) is 17.9. The summed E-state index contributed by atoms with van der Waals surface area (Å²) < 4.78 is 17.1. The van der Waals surface area contributed by atoms with Gasteiger partial charge in [0.15, 0.2) is 11.5 Å². The lowest BCUT2D eigenvalue weighted by Gasteiger charge is -2.32. The molecule has 0 unspecified atom stereocenters. The molecule has 0 spiro atoms. The standard InChI is InChI=1S/C20H22N2O4/c1-14-19(26-18-9-5-4-8-17(18)25-14)20(23)21-15-6-2-3-7-16(15)22-10-12-24-13-11-22/h2-9,14,19H,10-13H2,1H3,(H,21,23)/t14-,19+/m1/s1. The number of rotatable bonds is 3. The third kappa shape index (κ3) is 3.32. The molecule has 2 aromatic rings. The van der Waals surface area contributed by atoms with Gasteiger partial charge in [0.25, 0.3) is 5.91 Å². The first-order valence-electron chi connectivity index (χ1n) is 8.87. The quantitative estimate of drug-likeness (QED) is 0.918. The topological polar surface area (TPSA) is 60.0 Å². The van der Waals surface area contributed by atoms with Crippen molar-refractivity contribution in [3.05, 3.63) is 48.5 Å². The molecule has 4 rings (SSSR count). The molecule has 2 aliphatic heterocycles. The highest BCUT2D eigenvalue weighted by Gasteiger charge is 2.34. The Morgan fingerprint density at radius 2 is 1.65 bits per heavy atom. The Bertz CT molecular complexity index is 789. The summed E-state index contributed by atoms with van der Waals surface area (Å²) in [4.78, 5) is 15.1. The van der Waals surface area contributed by atoms with Gasteiger partial charge in [-0.1, -0.05) is 24.3 Å². The van der Waals surface area contributed by atoms with Gasteiger partial charge in [0, 0.05) is 13.1 Å². The van der Waals surface area contributed by atoms with Crippen molar-refractivity contribution in [2.75, 3.05) is 36.5 Å². The third-order valence-electron chi connectivity index (χ3n) is 4.61. The summed E-state index contributed by atoms with van der Waals surface area (Å²) in [6, 6.07) is 15.2. The second-order valence-corrected chi connectivity index (χ2v) is 6.41. The number of para-hydroxylation sites is 4. The van der Waals surface area contributed by atoms with Crippen molar-refractivity contribution in [1.82, 2.24) is 0 Å². The number of carbonyl (C=O) groups is 1. The number of benzene rings is 2. The maximum Gasteiger partial charge on any atom is 0.269 e. The van der Waals surface area contributed by atoms with Crippen molar-refractivity contribution in [2.45, 2.75) is 19.1 Å². The summed E-state index contributed by atoms with van der Waals surface area (Å²) in [7, 11) is 0. The molecule has 136 valence electrons. The van der Waals surface area contributed by atoms with E-state index < -0.39 is 6.10 Å². The van der Waals surface area contributed by atoms with Crippen molar-refractivity contribution < 1.29 is 19.0 Å². The van der Waals surface area contributed by atoms with Crippen LogP contribution in [0.5, 0.6) is 11.5 Å². The number of ether oxygens (including phenoxy) is 3. The number of nitrogens with one attached hydrogen (secondary N) is 1. The van der Waals surface area contributed by atoms with Crippen LogP contribution in [0.15, 0.2) is 48.5 Å². The lowest BCUT2D eigenvalue weighted by molar-refractivity contribution is -0.128. The van der Waals surface area contributed by atoms with Crippen molar-refractivity contribution in [3.63, 3.8) is 0 Å². The molecule has 6 heteroatoms.